The summed E-state index contributed by atoms with van der Waals surface area (Å²) >= 11 is 0. The highest BCUT2D eigenvalue weighted by molar-refractivity contribution is 5.23. The molecule has 0 aliphatic rings. The molecule has 0 spiro atoms. The lowest BCUT2D eigenvalue weighted by molar-refractivity contribution is 0.283. The summed E-state index contributed by atoms with van der Waals surface area (Å²) in [6.07, 6.45) is 1.04. The van der Waals surface area contributed by atoms with Crippen molar-refractivity contribution in [3.05, 3.63) is 35.4 Å². The number of nitrogens with one attached hydrogen (secondary N) is 1. The maximum absolute atomic E-state index is 8.74. The van der Waals surface area contributed by atoms with E-state index >= 15 is 0 Å². The van der Waals surface area contributed by atoms with E-state index in [0.717, 1.165) is 6.42 Å². The number of hydrogen-bond donors (Lipinski definition) is 2. The molecule has 1 aromatic rings. The van der Waals surface area contributed by atoms with Crippen LogP contribution < -0.4 is 5.32 Å². The monoisotopic (exact) mass is 193 g/mol. The SMILES string of the molecule is CC[C@@H](NCCO)c1ccc(C)cc1. The van der Waals surface area contributed by atoms with E-state index in [-0.39, 0.29) is 6.61 Å². The predicted octanol–water partition coefficient (Wildman–Crippen LogP) is 2.03. The summed E-state index contributed by atoms with van der Waals surface area (Å²) < 4.78 is 0. The summed E-state index contributed by atoms with van der Waals surface area (Å²) in [5, 5.41) is 12.0. The van der Waals surface area contributed by atoms with Gasteiger partial charge in [0.15, 0.2) is 0 Å². The third-order valence-electron chi connectivity index (χ3n) is 2.39. The molecule has 0 amide bonds. The third kappa shape index (κ3) is 3.13. The van der Waals surface area contributed by atoms with Crippen LogP contribution in [0.5, 0.6) is 0 Å². The minimum Gasteiger partial charge on any atom is -0.395 e. The number of aryl methyl sites for hydroxylation is 1. The summed E-state index contributed by atoms with van der Waals surface area (Å²) in [5.74, 6) is 0. The Morgan fingerprint density at radius 1 is 1.29 bits per heavy atom. The van der Waals surface area contributed by atoms with Gasteiger partial charge in [0.05, 0.1) is 6.61 Å². The maximum atomic E-state index is 8.74. The molecule has 0 aliphatic heterocycles. The summed E-state index contributed by atoms with van der Waals surface area (Å²) in [4.78, 5) is 0. The van der Waals surface area contributed by atoms with Crippen LogP contribution in [0.1, 0.15) is 30.5 Å². The van der Waals surface area contributed by atoms with Gasteiger partial charge in [0.25, 0.3) is 0 Å². The van der Waals surface area contributed by atoms with E-state index in [1.54, 1.807) is 0 Å². The molecule has 2 N–H and O–H groups in total. The molecule has 0 radical (unpaired) electrons. The van der Waals surface area contributed by atoms with E-state index in [1.807, 2.05) is 0 Å². The second-order valence-corrected chi connectivity index (χ2v) is 3.55. The van der Waals surface area contributed by atoms with Crippen LogP contribution >= 0.6 is 0 Å². The average Bonchev–Trinajstić information content (AvgIpc) is 2.21. The number of rotatable bonds is 5. The van der Waals surface area contributed by atoms with Crippen LogP contribution in [-0.4, -0.2) is 18.3 Å². The van der Waals surface area contributed by atoms with Gasteiger partial charge in [-0.15, -0.1) is 0 Å². The van der Waals surface area contributed by atoms with E-state index in [2.05, 4.69) is 43.4 Å². The van der Waals surface area contributed by atoms with E-state index in [1.165, 1.54) is 11.1 Å². The van der Waals surface area contributed by atoms with Crippen LogP contribution in [0.15, 0.2) is 24.3 Å². The van der Waals surface area contributed by atoms with E-state index in [0.29, 0.717) is 12.6 Å². The van der Waals surface area contributed by atoms with E-state index in [4.69, 9.17) is 5.11 Å². The van der Waals surface area contributed by atoms with Gasteiger partial charge in [-0.2, -0.15) is 0 Å². The highest BCUT2D eigenvalue weighted by Gasteiger charge is 2.06. The highest BCUT2D eigenvalue weighted by Crippen LogP contribution is 2.16. The Morgan fingerprint density at radius 3 is 2.43 bits per heavy atom. The predicted molar refractivity (Wildman–Crippen MR) is 59.3 cm³/mol. The Morgan fingerprint density at radius 2 is 1.93 bits per heavy atom. The zero-order valence-electron chi connectivity index (χ0n) is 8.96. The fourth-order valence-corrected chi connectivity index (χ4v) is 1.54. The number of benzene rings is 1. The maximum Gasteiger partial charge on any atom is 0.0556 e. The van der Waals surface area contributed by atoms with Crippen LogP contribution in [0.3, 0.4) is 0 Å². The van der Waals surface area contributed by atoms with Crippen molar-refractivity contribution in [3.63, 3.8) is 0 Å². The lowest BCUT2D eigenvalue weighted by atomic mass is 10.0. The number of aliphatic hydroxyl groups excluding tert-OH is 1. The minimum atomic E-state index is 0.197. The van der Waals surface area contributed by atoms with Gasteiger partial charge in [0, 0.05) is 12.6 Å². The lowest BCUT2D eigenvalue weighted by Gasteiger charge is -2.16. The Hall–Kier alpha value is -0.860. The quantitative estimate of drug-likeness (QED) is 0.750. The Balaban J connectivity index is 2.64. The second kappa shape index (κ2) is 5.78. The van der Waals surface area contributed by atoms with Crippen molar-refractivity contribution in [2.24, 2.45) is 0 Å². The number of aliphatic hydroxyl groups is 1. The summed E-state index contributed by atoms with van der Waals surface area (Å²) in [6.45, 7) is 5.09. The fraction of sp³-hybridized carbons (Fsp3) is 0.500. The van der Waals surface area contributed by atoms with Crippen LogP contribution in [0.2, 0.25) is 0 Å². The van der Waals surface area contributed by atoms with Gasteiger partial charge < -0.3 is 10.4 Å². The van der Waals surface area contributed by atoms with E-state index in [9.17, 15) is 0 Å². The minimum absolute atomic E-state index is 0.197. The Bertz CT molecular complexity index is 256. The topological polar surface area (TPSA) is 32.3 Å². The summed E-state index contributed by atoms with van der Waals surface area (Å²) in [7, 11) is 0. The normalized spacial score (nSPS) is 12.8. The Labute approximate surface area is 86.0 Å². The average molecular weight is 193 g/mol. The van der Waals surface area contributed by atoms with Gasteiger partial charge in [0.1, 0.15) is 0 Å². The first kappa shape index (κ1) is 11.2. The highest BCUT2D eigenvalue weighted by atomic mass is 16.3. The third-order valence-corrected chi connectivity index (χ3v) is 2.39. The molecule has 1 aromatic carbocycles. The first-order valence-electron chi connectivity index (χ1n) is 5.18. The van der Waals surface area contributed by atoms with Crippen molar-refractivity contribution in [2.75, 3.05) is 13.2 Å². The molecule has 2 heteroatoms. The van der Waals surface area contributed by atoms with Gasteiger partial charge in [0.2, 0.25) is 0 Å². The molecule has 0 bridgehead atoms. The molecule has 2 nitrogen and oxygen atoms in total. The van der Waals surface area contributed by atoms with Crippen LogP contribution in [0.4, 0.5) is 0 Å². The molecule has 0 heterocycles. The molecule has 0 aromatic heterocycles. The molecular formula is C12H19NO. The first-order valence-corrected chi connectivity index (χ1v) is 5.18. The lowest BCUT2D eigenvalue weighted by Crippen LogP contribution is -2.23. The molecule has 1 rings (SSSR count). The summed E-state index contributed by atoms with van der Waals surface area (Å²) in [5.41, 5.74) is 2.58. The first-order chi connectivity index (χ1) is 6.77. The van der Waals surface area contributed by atoms with Crippen molar-refractivity contribution in [3.8, 4) is 0 Å². The largest absolute Gasteiger partial charge is 0.395 e. The zero-order valence-corrected chi connectivity index (χ0v) is 8.96. The van der Waals surface area contributed by atoms with Gasteiger partial charge in [-0.05, 0) is 18.9 Å². The molecule has 14 heavy (non-hydrogen) atoms. The molecule has 0 unspecified atom stereocenters. The fourth-order valence-electron chi connectivity index (χ4n) is 1.54. The van der Waals surface area contributed by atoms with Crippen molar-refractivity contribution in [2.45, 2.75) is 26.3 Å². The molecular weight excluding hydrogens is 174 g/mol. The molecule has 1 atom stereocenters. The van der Waals surface area contributed by atoms with Crippen molar-refractivity contribution in [1.82, 2.24) is 5.32 Å². The molecule has 0 aliphatic carbocycles. The molecule has 0 fully saturated rings. The molecule has 78 valence electrons. The van der Waals surface area contributed by atoms with Gasteiger partial charge in [-0.3, -0.25) is 0 Å². The smallest absolute Gasteiger partial charge is 0.0556 e. The molecule has 0 saturated heterocycles. The van der Waals surface area contributed by atoms with Crippen LogP contribution in [-0.2, 0) is 0 Å². The molecule has 0 saturated carbocycles. The van der Waals surface area contributed by atoms with Crippen molar-refractivity contribution in [1.29, 1.82) is 0 Å². The van der Waals surface area contributed by atoms with Gasteiger partial charge >= 0.3 is 0 Å². The zero-order chi connectivity index (χ0) is 10.4. The van der Waals surface area contributed by atoms with Crippen molar-refractivity contribution < 1.29 is 5.11 Å². The second-order valence-electron chi connectivity index (χ2n) is 3.55. The number of hydrogen-bond acceptors (Lipinski definition) is 2. The Kier molecular flexibility index (Phi) is 4.63. The van der Waals surface area contributed by atoms with E-state index < -0.39 is 0 Å². The van der Waals surface area contributed by atoms with Gasteiger partial charge in [-0.1, -0.05) is 36.8 Å². The van der Waals surface area contributed by atoms with Crippen LogP contribution in [0, 0.1) is 6.92 Å². The van der Waals surface area contributed by atoms with Gasteiger partial charge in [-0.25, -0.2) is 0 Å². The van der Waals surface area contributed by atoms with Crippen LogP contribution in [0.25, 0.3) is 0 Å². The summed E-state index contributed by atoms with van der Waals surface area (Å²) in [6, 6.07) is 8.90. The standard InChI is InChI=1S/C12H19NO/c1-3-12(13-8-9-14)11-6-4-10(2)5-7-11/h4-7,12-14H,3,8-9H2,1-2H3/t12-/m1/s1. The van der Waals surface area contributed by atoms with Crippen molar-refractivity contribution >= 4 is 0 Å².